The van der Waals surface area contributed by atoms with Crippen molar-refractivity contribution < 1.29 is 0 Å². The number of rotatable bonds is 6. The van der Waals surface area contributed by atoms with Gasteiger partial charge in [-0.3, -0.25) is 0 Å². The van der Waals surface area contributed by atoms with Crippen LogP contribution in [-0.4, -0.2) is 9.97 Å². The second kappa shape index (κ2) is 6.14. The topological polar surface area (TPSA) is 28.7 Å². The third kappa shape index (κ3) is 3.70. The molecule has 0 amide bonds. The van der Waals surface area contributed by atoms with Gasteiger partial charge in [-0.15, -0.1) is 0 Å². The van der Waals surface area contributed by atoms with Gasteiger partial charge in [0.25, 0.3) is 0 Å². The molecule has 2 heteroatoms. The molecule has 0 atom stereocenters. The molecule has 1 aromatic rings. The van der Waals surface area contributed by atoms with Crippen molar-refractivity contribution in [2.75, 3.05) is 0 Å². The highest BCUT2D eigenvalue weighted by atomic mass is 15.0. The van der Waals surface area contributed by atoms with E-state index in [0.29, 0.717) is 0 Å². The van der Waals surface area contributed by atoms with E-state index in [0.717, 1.165) is 18.7 Å². The first-order chi connectivity index (χ1) is 9.51. The zero-order valence-corrected chi connectivity index (χ0v) is 15.8. The molecule has 0 radical (unpaired) electrons. The Bertz CT molecular complexity index is 456. The highest BCUT2D eigenvalue weighted by Crippen LogP contribution is 2.39. The summed E-state index contributed by atoms with van der Waals surface area (Å²) in [7, 11) is 0. The summed E-state index contributed by atoms with van der Waals surface area (Å²) in [6, 6.07) is 0. The van der Waals surface area contributed by atoms with Crippen LogP contribution < -0.4 is 0 Å². The van der Waals surface area contributed by atoms with Gasteiger partial charge in [0.05, 0.1) is 5.69 Å². The summed E-state index contributed by atoms with van der Waals surface area (Å²) in [4.78, 5) is 8.82. The molecule has 0 spiro atoms. The molecule has 1 heterocycles. The standard InChI is InChI=1S/C19H36N2/c1-10-13-18(7,8)16-20-14(17(4,5)6)15(21-16)19(9,11-2)12-3/h10-13H2,1-9H3,(H,20,21). The molecule has 0 aromatic carbocycles. The van der Waals surface area contributed by atoms with E-state index in [-0.39, 0.29) is 16.2 Å². The highest BCUT2D eigenvalue weighted by molar-refractivity contribution is 5.31. The van der Waals surface area contributed by atoms with Gasteiger partial charge in [0.2, 0.25) is 0 Å². The van der Waals surface area contributed by atoms with Crippen molar-refractivity contribution >= 4 is 0 Å². The van der Waals surface area contributed by atoms with Crippen molar-refractivity contribution in [1.82, 2.24) is 9.97 Å². The van der Waals surface area contributed by atoms with Gasteiger partial charge in [-0.25, -0.2) is 4.98 Å². The fraction of sp³-hybridized carbons (Fsp3) is 0.842. The van der Waals surface area contributed by atoms with E-state index in [1.807, 2.05) is 0 Å². The minimum atomic E-state index is 0.0813. The van der Waals surface area contributed by atoms with Crippen LogP contribution >= 0.6 is 0 Å². The fourth-order valence-corrected chi connectivity index (χ4v) is 3.02. The summed E-state index contributed by atoms with van der Waals surface area (Å²) >= 11 is 0. The monoisotopic (exact) mass is 292 g/mol. The van der Waals surface area contributed by atoms with Crippen molar-refractivity contribution in [3.63, 3.8) is 0 Å². The van der Waals surface area contributed by atoms with Crippen molar-refractivity contribution in [3.8, 4) is 0 Å². The number of nitrogens with one attached hydrogen (secondary N) is 1. The van der Waals surface area contributed by atoms with Crippen molar-refractivity contribution in [3.05, 3.63) is 17.2 Å². The van der Waals surface area contributed by atoms with E-state index in [1.54, 1.807) is 0 Å². The molecule has 0 aliphatic rings. The smallest absolute Gasteiger partial charge is 0.112 e. The third-order valence-corrected chi connectivity index (χ3v) is 5.09. The van der Waals surface area contributed by atoms with Crippen LogP contribution in [0.1, 0.15) is 105 Å². The molecule has 1 aromatic heterocycles. The van der Waals surface area contributed by atoms with E-state index in [1.165, 1.54) is 24.2 Å². The van der Waals surface area contributed by atoms with Gasteiger partial charge < -0.3 is 4.98 Å². The Balaban J connectivity index is 3.46. The largest absolute Gasteiger partial charge is 0.345 e. The molecule has 1 rings (SSSR count). The van der Waals surface area contributed by atoms with Crippen molar-refractivity contribution in [2.24, 2.45) is 0 Å². The molecule has 0 saturated heterocycles. The van der Waals surface area contributed by atoms with Gasteiger partial charge in [0.15, 0.2) is 0 Å². The fourth-order valence-electron chi connectivity index (χ4n) is 3.02. The van der Waals surface area contributed by atoms with Gasteiger partial charge in [0, 0.05) is 21.9 Å². The molecule has 122 valence electrons. The average Bonchev–Trinajstić information content (AvgIpc) is 2.84. The Morgan fingerprint density at radius 3 is 1.81 bits per heavy atom. The average molecular weight is 293 g/mol. The lowest BCUT2D eigenvalue weighted by atomic mass is 9.76. The van der Waals surface area contributed by atoms with Gasteiger partial charge in [0.1, 0.15) is 5.82 Å². The molecule has 0 fully saturated rings. The van der Waals surface area contributed by atoms with Crippen LogP contribution in [0, 0.1) is 0 Å². The lowest BCUT2D eigenvalue weighted by Crippen LogP contribution is -2.26. The Kier molecular flexibility index (Phi) is 5.34. The summed E-state index contributed by atoms with van der Waals surface area (Å²) in [6.45, 7) is 20.6. The van der Waals surface area contributed by atoms with Crippen molar-refractivity contribution in [1.29, 1.82) is 0 Å². The van der Waals surface area contributed by atoms with Crippen LogP contribution in [-0.2, 0) is 16.2 Å². The van der Waals surface area contributed by atoms with Crippen LogP contribution in [0.2, 0.25) is 0 Å². The SMILES string of the molecule is CCCC(C)(C)c1nc(C(C)(C)C)c(C(C)(CC)CC)[nH]1. The second-order valence-corrected chi connectivity index (χ2v) is 8.46. The molecule has 0 saturated carbocycles. The molecule has 0 aliphatic heterocycles. The molecule has 0 aliphatic carbocycles. The maximum Gasteiger partial charge on any atom is 0.112 e. The Morgan fingerprint density at radius 2 is 1.43 bits per heavy atom. The van der Waals surface area contributed by atoms with E-state index >= 15 is 0 Å². The molecular formula is C19H36N2. The molecule has 1 N–H and O–H groups in total. The van der Waals surface area contributed by atoms with E-state index in [2.05, 4.69) is 67.3 Å². The lowest BCUT2D eigenvalue weighted by Gasteiger charge is -2.30. The first-order valence-electron chi connectivity index (χ1n) is 8.63. The van der Waals surface area contributed by atoms with Gasteiger partial charge >= 0.3 is 0 Å². The van der Waals surface area contributed by atoms with E-state index in [4.69, 9.17) is 4.98 Å². The Morgan fingerprint density at radius 1 is 0.905 bits per heavy atom. The normalized spacial score (nSPS) is 13.8. The quantitative estimate of drug-likeness (QED) is 0.698. The van der Waals surface area contributed by atoms with Gasteiger partial charge in [-0.1, -0.05) is 68.7 Å². The predicted octanol–water partition coefficient (Wildman–Crippen LogP) is 5.86. The maximum atomic E-state index is 5.08. The van der Waals surface area contributed by atoms with Crippen LogP contribution in [0.15, 0.2) is 0 Å². The van der Waals surface area contributed by atoms with Crippen LogP contribution in [0.4, 0.5) is 0 Å². The first-order valence-corrected chi connectivity index (χ1v) is 8.63. The number of hydrogen-bond acceptors (Lipinski definition) is 1. The molecule has 21 heavy (non-hydrogen) atoms. The minimum absolute atomic E-state index is 0.0813. The number of hydrogen-bond donors (Lipinski definition) is 1. The second-order valence-electron chi connectivity index (χ2n) is 8.46. The molecular weight excluding hydrogens is 256 g/mol. The summed E-state index contributed by atoms with van der Waals surface area (Å²) in [6.07, 6.45) is 4.63. The van der Waals surface area contributed by atoms with E-state index < -0.39 is 0 Å². The highest BCUT2D eigenvalue weighted by Gasteiger charge is 2.35. The number of imidazole rings is 1. The predicted molar refractivity (Wildman–Crippen MR) is 93.2 cm³/mol. The summed E-state index contributed by atoms with van der Waals surface area (Å²) in [5, 5.41) is 0. The van der Waals surface area contributed by atoms with Gasteiger partial charge in [-0.05, 0) is 19.3 Å². The lowest BCUT2D eigenvalue weighted by molar-refractivity contribution is 0.408. The molecule has 2 nitrogen and oxygen atoms in total. The summed E-state index contributed by atoms with van der Waals surface area (Å²) in [5.41, 5.74) is 3.01. The zero-order chi connectivity index (χ0) is 16.5. The summed E-state index contributed by atoms with van der Waals surface area (Å²) in [5.74, 6) is 1.16. The minimum Gasteiger partial charge on any atom is -0.345 e. The zero-order valence-electron chi connectivity index (χ0n) is 15.8. The molecule has 0 bridgehead atoms. The van der Waals surface area contributed by atoms with Crippen LogP contribution in [0.25, 0.3) is 0 Å². The number of aromatic amines is 1. The number of H-pyrrole nitrogens is 1. The third-order valence-electron chi connectivity index (χ3n) is 5.09. The maximum absolute atomic E-state index is 5.08. The van der Waals surface area contributed by atoms with E-state index in [9.17, 15) is 0 Å². The van der Waals surface area contributed by atoms with Crippen LogP contribution in [0.3, 0.4) is 0 Å². The first kappa shape index (κ1) is 18.3. The van der Waals surface area contributed by atoms with Crippen LogP contribution in [0.5, 0.6) is 0 Å². The Labute approximate surface area is 132 Å². The van der Waals surface area contributed by atoms with Gasteiger partial charge in [-0.2, -0.15) is 0 Å². The van der Waals surface area contributed by atoms with Crippen molar-refractivity contribution in [2.45, 2.75) is 104 Å². The molecule has 0 unspecified atom stereocenters. The summed E-state index contributed by atoms with van der Waals surface area (Å²) < 4.78 is 0. The number of nitrogens with zero attached hydrogens (tertiary/aromatic N) is 1. The Hall–Kier alpha value is -0.790. The number of aromatic nitrogens is 2.